The van der Waals surface area contributed by atoms with Gasteiger partial charge in [0, 0.05) is 18.7 Å². The summed E-state index contributed by atoms with van der Waals surface area (Å²) in [6.45, 7) is 1.47. The van der Waals surface area contributed by atoms with Crippen LogP contribution in [0, 0.1) is 17.5 Å². The molecule has 0 fully saturated rings. The zero-order valence-corrected chi connectivity index (χ0v) is 12.8. The number of fused-ring (bicyclic) bond motifs is 2. The fourth-order valence-electron chi connectivity index (χ4n) is 3.46. The molecule has 0 bridgehead atoms. The Bertz CT molecular complexity index is 851. The van der Waals surface area contributed by atoms with E-state index in [0.717, 1.165) is 34.7 Å². The highest BCUT2D eigenvalue weighted by Crippen LogP contribution is 2.34. The number of halogens is 3. The van der Waals surface area contributed by atoms with Gasteiger partial charge in [-0.05, 0) is 54.8 Å². The van der Waals surface area contributed by atoms with Crippen molar-refractivity contribution in [3.63, 3.8) is 0 Å². The molecule has 2 aromatic carbocycles. The van der Waals surface area contributed by atoms with Crippen LogP contribution in [0.15, 0.2) is 24.3 Å². The molecule has 4 rings (SSSR count). The lowest BCUT2D eigenvalue weighted by atomic mass is 9.97. The first-order chi connectivity index (χ1) is 11.6. The third-order valence-electron chi connectivity index (χ3n) is 4.68. The molecule has 1 N–H and O–H groups in total. The first-order valence-electron chi connectivity index (χ1n) is 7.87. The van der Waals surface area contributed by atoms with Crippen molar-refractivity contribution in [1.82, 2.24) is 5.32 Å². The first-order valence-corrected chi connectivity index (χ1v) is 7.87. The summed E-state index contributed by atoms with van der Waals surface area (Å²) < 4.78 is 42.3. The van der Waals surface area contributed by atoms with Crippen molar-refractivity contribution >= 4 is 11.6 Å². The summed E-state index contributed by atoms with van der Waals surface area (Å²) in [5.74, 6) is -2.47. The van der Waals surface area contributed by atoms with Gasteiger partial charge in [-0.25, -0.2) is 13.2 Å². The van der Waals surface area contributed by atoms with E-state index in [9.17, 15) is 18.0 Å². The van der Waals surface area contributed by atoms with Gasteiger partial charge in [0.1, 0.15) is 17.5 Å². The minimum atomic E-state index is -0.669. The first kappa shape index (κ1) is 15.2. The lowest BCUT2D eigenvalue weighted by Gasteiger charge is -2.21. The molecule has 2 aliphatic rings. The molecule has 24 heavy (non-hydrogen) atoms. The zero-order valence-electron chi connectivity index (χ0n) is 12.8. The van der Waals surface area contributed by atoms with Gasteiger partial charge in [-0.1, -0.05) is 0 Å². The van der Waals surface area contributed by atoms with Crippen LogP contribution in [0.5, 0.6) is 0 Å². The fourth-order valence-corrected chi connectivity index (χ4v) is 3.46. The third kappa shape index (κ3) is 2.29. The quantitative estimate of drug-likeness (QED) is 0.871. The van der Waals surface area contributed by atoms with Crippen molar-refractivity contribution in [1.29, 1.82) is 0 Å². The molecule has 0 unspecified atom stereocenters. The lowest BCUT2D eigenvalue weighted by molar-refractivity contribution is 0.0984. The Morgan fingerprint density at radius 3 is 2.62 bits per heavy atom. The van der Waals surface area contributed by atoms with Crippen LogP contribution in [-0.2, 0) is 19.4 Å². The average molecular weight is 332 g/mol. The number of anilines is 1. The number of carbonyl (C=O) groups is 1. The summed E-state index contributed by atoms with van der Waals surface area (Å²) in [4.78, 5) is 13.9. The van der Waals surface area contributed by atoms with E-state index in [1.165, 1.54) is 12.1 Å². The summed E-state index contributed by atoms with van der Waals surface area (Å²) in [6.07, 6.45) is 0.923. The standard InChI is InChI=1S/C18H15F3N2O/c19-14-1-2-15(20)17-12(14)4-6-23(17)18(24)13-7-11-9-22-5-3-10(11)8-16(13)21/h1-2,7-8,22H,3-6,9H2. The van der Waals surface area contributed by atoms with Gasteiger partial charge in [-0.2, -0.15) is 0 Å². The Labute approximate surface area is 137 Å². The van der Waals surface area contributed by atoms with Crippen molar-refractivity contribution in [3.8, 4) is 0 Å². The molecule has 0 spiro atoms. The van der Waals surface area contributed by atoms with Crippen molar-refractivity contribution in [3.05, 3.63) is 64.0 Å². The second-order valence-electron chi connectivity index (χ2n) is 6.09. The normalized spacial score (nSPS) is 16.0. The molecule has 3 nitrogen and oxygen atoms in total. The molecule has 0 saturated carbocycles. The summed E-state index contributed by atoms with van der Waals surface area (Å²) in [5.41, 5.74) is 1.74. The van der Waals surface area contributed by atoms with Crippen LogP contribution in [0.2, 0.25) is 0 Å². The van der Waals surface area contributed by atoms with Gasteiger partial charge < -0.3 is 10.2 Å². The van der Waals surface area contributed by atoms with Gasteiger partial charge in [0.25, 0.3) is 5.91 Å². The predicted octanol–water partition coefficient (Wildman–Crippen LogP) is 2.95. The number of hydrogen-bond donors (Lipinski definition) is 1. The van der Waals surface area contributed by atoms with E-state index in [2.05, 4.69) is 5.32 Å². The SMILES string of the molecule is O=C(c1cc2c(cc1F)CCNC2)N1CCc2c(F)ccc(F)c21. The topological polar surface area (TPSA) is 32.3 Å². The number of nitrogens with one attached hydrogen (secondary N) is 1. The number of amides is 1. The number of benzene rings is 2. The van der Waals surface area contributed by atoms with Gasteiger partial charge in [-0.15, -0.1) is 0 Å². The highest BCUT2D eigenvalue weighted by atomic mass is 19.1. The smallest absolute Gasteiger partial charge is 0.261 e. The fraction of sp³-hybridized carbons (Fsp3) is 0.278. The van der Waals surface area contributed by atoms with Gasteiger partial charge in [0.05, 0.1) is 11.3 Å². The maximum absolute atomic E-state index is 14.4. The highest BCUT2D eigenvalue weighted by molar-refractivity contribution is 6.07. The summed E-state index contributed by atoms with van der Waals surface area (Å²) in [5, 5.41) is 3.17. The van der Waals surface area contributed by atoms with Crippen LogP contribution in [0.25, 0.3) is 0 Å². The Balaban J connectivity index is 1.76. The summed E-state index contributed by atoms with van der Waals surface area (Å²) in [6, 6.07) is 4.94. The molecular formula is C18H15F3N2O. The monoisotopic (exact) mass is 332 g/mol. The Kier molecular flexibility index (Phi) is 3.57. The number of rotatable bonds is 1. The molecule has 1 amide bonds. The molecule has 0 saturated heterocycles. The van der Waals surface area contributed by atoms with Gasteiger partial charge in [0.15, 0.2) is 0 Å². The number of carbonyl (C=O) groups excluding carboxylic acids is 1. The lowest BCUT2D eigenvalue weighted by Crippen LogP contribution is -2.31. The second-order valence-corrected chi connectivity index (χ2v) is 6.09. The maximum atomic E-state index is 14.4. The Hall–Kier alpha value is -2.34. The van der Waals surface area contributed by atoms with Crippen LogP contribution >= 0.6 is 0 Å². The highest BCUT2D eigenvalue weighted by Gasteiger charge is 2.32. The predicted molar refractivity (Wildman–Crippen MR) is 83.5 cm³/mol. The molecule has 6 heteroatoms. The van der Waals surface area contributed by atoms with Crippen LogP contribution in [0.1, 0.15) is 27.0 Å². The summed E-state index contributed by atoms with van der Waals surface area (Å²) >= 11 is 0. The molecule has 124 valence electrons. The van der Waals surface area contributed by atoms with Crippen LogP contribution in [-0.4, -0.2) is 19.0 Å². The van der Waals surface area contributed by atoms with E-state index in [0.29, 0.717) is 13.0 Å². The summed E-state index contributed by atoms with van der Waals surface area (Å²) in [7, 11) is 0. The third-order valence-corrected chi connectivity index (χ3v) is 4.68. The van der Waals surface area contributed by atoms with Crippen LogP contribution in [0.4, 0.5) is 18.9 Å². The molecule has 2 aromatic rings. The van der Waals surface area contributed by atoms with Crippen LogP contribution in [0.3, 0.4) is 0 Å². The van der Waals surface area contributed by atoms with Gasteiger partial charge in [0.2, 0.25) is 0 Å². The molecule has 0 atom stereocenters. The Morgan fingerprint density at radius 1 is 1.00 bits per heavy atom. The molecule has 0 aliphatic carbocycles. The van der Waals surface area contributed by atoms with Crippen molar-refractivity contribution in [2.24, 2.45) is 0 Å². The van der Waals surface area contributed by atoms with Gasteiger partial charge in [-0.3, -0.25) is 4.79 Å². The largest absolute Gasteiger partial charge is 0.312 e. The van der Waals surface area contributed by atoms with E-state index in [1.54, 1.807) is 0 Å². The average Bonchev–Trinajstić information content (AvgIpc) is 3.03. The Morgan fingerprint density at radius 2 is 1.79 bits per heavy atom. The van der Waals surface area contributed by atoms with Crippen molar-refractivity contribution < 1.29 is 18.0 Å². The number of nitrogens with zero attached hydrogens (tertiary/aromatic N) is 1. The van der Waals surface area contributed by atoms with Crippen molar-refractivity contribution in [2.45, 2.75) is 19.4 Å². The van der Waals surface area contributed by atoms with Gasteiger partial charge >= 0.3 is 0 Å². The van der Waals surface area contributed by atoms with E-state index < -0.39 is 23.4 Å². The van der Waals surface area contributed by atoms with E-state index in [4.69, 9.17) is 0 Å². The van der Waals surface area contributed by atoms with E-state index >= 15 is 0 Å². The molecule has 0 aromatic heterocycles. The maximum Gasteiger partial charge on any atom is 0.261 e. The minimum Gasteiger partial charge on any atom is -0.312 e. The van der Waals surface area contributed by atoms with Crippen molar-refractivity contribution in [2.75, 3.05) is 18.0 Å². The van der Waals surface area contributed by atoms with Crippen LogP contribution < -0.4 is 10.2 Å². The number of hydrogen-bond acceptors (Lipinski definition) is 2. The molecular weight excluding hydrogens is 317 g/mol. The van der Waals surface area contributed by atoms with E-state index in [-0.39, 0.29) is 29.8 Å². The molecule has 2 heterocycles. The molecule has 0 radical (unpaired) electrons. The zero-order chi connectivity index (χ0) is 16.8. The minimum absolute atomic E-state index is 0.0738. The van der Waals surface area contributed by atoms with E-state index in [1.807, 2.05) is 0 Å². The molecule has 2 aliphatic heterocycles. The second kappa shape index (κ2) is 5.63.